The Morgan fingerprint density at radius 2 is 1.39 bits per heavy atom. The summed E-state index contributed by atoms with van der Waals surface area (Å²) < 4.78 is 48.0. The fourth-order valence-electron chi connectivity index (χ4n) is 3.68. The molecule has 2 heterocycles. The maximum Gasteiger partial charge on any atom is 0.397 e. The highest BCUT2D eigenvalue weighted by atomic mass is 32.3. The van der Waals surface area contributed by atoms with Crippen LogP contribution in [0.5, 0.6) is 0 Å². The van der Waals surface area contributed by atoms with Crippen LogP contribution in [0.15, 0.2) is 0 Å². The Morgan fingerprint density at radius 1 is 0.806 bits per heavy atom. The molecule has 36 heavy (non-hydrogen) atoms. The molecule has 0 radical (unpaired) electrons. The third-order valence-electron chi connectivity index (χ3n) is 5.80. The molecule has 9 N–H and O–H groups in total. The molecule has 0 amide bonds. The van der Waals surface area contributed by atoms with Crippen LogP contribution in [0.3, 0.4) is 0 Å². The normalized spacial score (nSPS) is 36.9. The fraction of sp³-hybridized carbons (Fsp3) is 1.00. The second-order valence-corrected chi connectivity index (χ2v) is 9.67. The van der Waals surface area contributed by atoms with Gasteiger partial charge >= 0.3 is 10.4 Å². The zero-order valence-electron chi connectivity index (χ0n) is 20.1. The molecule has 9 atom stereocenters. The summed E-state index contributed by atoms with van der Waals surface area (Å²) in [6, 6.07) is 0. The van der Waals surface area contributed by atoms with Gasteiger partial charge in [0.2, 0.25) is 5.79 Å². The first kappa shape index (κ1) is 33.5. The van der Waals surface area contributed by atoms with Gasteiger partial charge in [0.1, 0.15) is 49.3 Å². The Bertz CT molecular complexity index is 707. The van der Waals surface area contributed by atoms with Crippen LogP contribution in [-0.2, 0) is 28.8 Å². The third-order valence-corrected chi connectivity index (χ3v) is 6.27. The highest BCUT2D eigenvalue weighted by molar-refractivity contribution is 7.80. The van der Waals surface area contributed by atoms with E-state index in [1.807, 2.05) is 0 Å². The zero-order chi connectivity index (χ0) is 27.5. The van der Waals surface area contributed by atoms with E-state index in [1.54, 1.807) is 0 Å². The molecule has 0 aromatic carbocycles. The van der Waals surface area contributed by atoms with Crippen LogP contribution in [0.4, 0.5) is 0 Å². The molecule has 0 aliphatic carbocycles. The maximum absolute atomic E-state index is 10.1. The average Bonchev–Trinajstić information content (AvgIpc) is 3.08. The van der Waals surface area contributed by atoms with Crippen LogP contribution in [0.25, 0.3) is 0 Å². The van der Waals surface area contributed by atoms with Crippen molar-refractivity contribution in [2.24, 2.45) is 0 Å². The van der Waals surface area contributed by atoms with Crippen molar-refractivity contribution in [3.8, 4) is 0 Å². The number of aliphatic hydroxyl groups is 8. The van der Waals surface area contributed by atoms with Crippen LogP contribution in [0.1, 0.15) is 45.4 Å². The lowest BCUT2D eigenvalue weighted by atomic mass is 9.99. The highest BCUT2D eigenvalue weighted by Crippen LogP contribution is 2.35. The number of rotatable bonds is 13. The van der Waals surface area contributed by atoms with Gasteiger partial charge in [-0.05, 0) is 6.42 Å². The predicted octanol–water partition coefficient (Wildman–Crippen LogP) is -3.23. The van der Waals surface area contributed by atoms with Gasteiger partial charge in [-0.1, -0.05) is 39.0 Å². The Balaban J connectivity index is 0.000000426. The SMILES string of the molecule is CCCCCCCCOS(=O)(=O)O.OC[C@H]1O[C@@](CO)(O[C@H]2O[C@H](CO)[C@@H](O)[C@H](O)[C@H]2O)[C@@H](O)[C@@H]1O. The zero-order valence-corrected chi connectivity index (χ0v) is 20.9. The Hall–Kier alpha value is -0.570. The molecule has 0 saturated carbocycles. The largest absolute Gasteiger partial charge is 0.397 e. The summed E-state index contributed by atoms with van der Waals surface area (Å²) >= 11 is 0. The number of ether oxygens (including phenoxy) is 3. The Labute approximate surface area is 209 Å². The van der Waals surface area contributed by atoms with Crippen molar-refractivity contribution in [1.82, 2.24) is 0 Å². The van der Waals surface area contributed by atoms with E-state index in [9.17, 15) is 39.1 Å². The molecule has 2 saturated heterocycles. The second kappa shape index (κ2) is 15.7. The van der Waals surface area contributed by atoms with Crippen molar-refractivity contribution >= 4 is 10.4 Å². The van der Waals surface area contributed by atoms with E-state index in [0.29, 0.717) is 6.42 Å². The monoisotopic (exact) mass is 552 g/mol. The molecule has 2 aliphatic heterocycles. The van der Waals surface area contributed by atoms with Crippen LogP contribution < -0.4 is 0 Å². The number of hydrogen-bond donors (Lipinski definition) is 9. The molecule has 0 unspecified atom stereocenters. The van der Waals surface area contributed by atoms with Crippen LogP contribution in [-0.4, -0.2) is 135 Å². The summed E-state index contributed by atoms with van der Waals surface area (Å²) in [7, 11) is -4.22. The lowest BCUT2D eigenvalue weighted by Gasteiger charge is -2.43. The van der Waals surface area contributed by atoms with Crippen LogP contribution in [0.2, 0.25) is 0 Å². The quantitative estimate of drug-likeness (QED) is 0.0804. The van der Waals surface area contributed by atoms with Gasteiger partial charge in [0.05, 0.1) is 19.8 Å². The van der Waals surface area contributed by atoms with Crippen molar-refractivity contribution in [2.75, 3.05) is 26.4 Å². The molecule has 16 heteroatoms. The maximum atomic E-state index is 10.1. The topological polar surface area (TPSA) is 253 Å². The van der Waals surface area contributed by atoms with Gasteiger partial charge in [-0.3, -0.25) is 4.55 Å². The standard InChI is InChI=1S/C12H22O11.C8H18O4S/c13-1-4-6(16)8(18)9(19)11(21-4)23-12(3-15)10(20)7(17)5(2-14)22-12;1-2-3-4-5-6-7-8-12-13(9,10)11/h4-11,13-20H,1-3H2;2-8H2,1H3,(H,9,10,11)/t4-,5-,6-,7-,8+,9-,10+,11-,12+;/m1./s1. The summed E-state index contributed by atoms with van der Waals surface area (Å²) in [5.41, 5.74) is 0. The van der Waals surface area contributed by atoms with Crippen molar-refractivity contribution in [1.29, 1.82) is 0 Å². The summed E-state index contributed by atoms with van der Waals surface area (Å²) in [4.78, 5) is 0. The van der Waals surface area contributed by atoms with Gasteiger partial charge in [-0.15, -0.1) is 0 Å². The van der Waals surface area contributed by atoms with Crippen molar-refractivity contribution in [2.45, 2.75) is 100 Å². The molecule has 0 bridgehead atoms. The average molecular weight is 553 g/mol. The first-order valence-electron chi connectivity index (χ1n) is 11.7. The van der Waals surface area contributed by atoms with Gasteiger partial charge in [0, 0.05) is 0 Å². The molecule has 2 aliphatic rings. The summed E-state index contributed by atoms with van der Waals surface area (Å²) in [5.74, 6) is -2.22. The van der Waals surface area contributed by atoms with Gasteiger partial charge in [0.25, 0.3) is 0 Å². The van der Waals surface area contributed by atoms with Gasteiger partial charge in [-0.2, -0.15) is 8.42 Å². The van der Waals surface area contributed by atoms with Crippen molar-refractivity contribution in [3.63, 3.8) is 0 Å². The molecule has 216 valence electrons. The van der Waals surface area contributed by atoms with E-state index in [1.165, 1.54) is 19.3 Å². The Kier molecular flexibility index (Phi) is 14.6. The molecule has 0 aromatic heterocycles. The minimum atomic E-state index is -4.22. The van der Waals surface area contributed by atoms with E-state index in [4.69, 9.17) is 29.0 Å². The Morgan fingerprint density at radius 3 is 1.89 bits per heavy atom. The molecular formula is C20H40O15S. The van der Waals surface area contributed by atoms with Gasteiger partial charge in [0.15, 0.2) is 6.29 Å². The first-order chi connectivity index (χ1) is 16.9. The third kappa shape index (κ3) is 9.63. The fourth-order valence-corrected chi connectivity index (χ4v) is 4.01. The molecule has 15 nitrogen and oxygen atoms in total. The number of aliphatic hydroxyl groups excluding tert-OH is 8. The van der Waals surface area contributed by atoms with Gasteiger partial charge in [-0.25, -0.2) is 4.18 Å². The van der Waals surface area contributed by atoms with Gasteiger partial charge < -0.3 is 55.1 Å². The van der Waals surface area contributed by atoms with E-state index in [2.05, 4.69) is 11.1 Å². The minimum Gasteiger partial charge on any atom is -0.394 e. The smallest absolute Gasteiger partial charge is 0.394 e. The van der Waals surface area contributed by atoms with Crippen LogP contribution in [0, 0.1) is 0 Å². The summed E-state index contributed by atoms with van der Waals surface area (Å²) in [5, 5.41) is 76.7. The molecule has 0 aromatic rings. The lowest BCUT2D eigenvalue weighted by Crippen LogP contribution is -2.62. The van der Waals surface area contributed by atoms with E-state index < -0.39 is 85.0 Å². The lowest BCUT2D eigenvalue weighted by molar-refractivity contribution is -0.383. The molecule has 2 rings (SSSR count). The number of unbranched alkanes of at least 4 members (excludes halogenated alkanes) is 5. The van der Waals surface area contributed by atoms with E-state index >= 15 is 0 Å². The second-order valence-electron chi connectivity index (χ2n) is 8.58. The first-order valence-corrected chi connectivity index (χ1v) is 13.1. The van der Waals surface area contributed by atoms with Crippen molar-refractivity contribution in [3.05, 3.63) is 0 Å². The minimum absolute atomic E-state index is 0.0883. The van der Waals surface area contributed by atoms with E-state index in [-0.39, 0.29) is 6.61 Å². The van der Waals surface area contributed by atoms with E-state index in [0.717, 1.165) is 12.8 Å². The highest BCUT2D eigenvalue weighted by Gasteiger charge is 2.58. The summed E-state index contributed by atoms with van der Waals surface area (Å²) in [6.07, 6.45) is -6.31. The molecule has 0 spiro atoms. The van der Waals surface area contributed by atoms with Crippen LogP contribution >= 0.6 is 0 Å². The predicted molar refractivity (Wildman–Crippen MR) is 120 cm³/mol. The number of hydrogen-bond acceptors (Lipinski definition) is 14. The summed E-state index contributed by atoms with van der Waals surface area (Å²) in [6.45, 7) is -0.0938. The molecular weight excluding hydrogens is 512 g/mol. The van der Waals surface area contributed by atoms with Crippen molar-refractivity contribution < 1.29 is 72.2 Å². The molecule has 2 fully saturated rings.